The van der Waals surface area contributed by atoms with E-state index in [0.29, 0.717) is 22.1 Å². The van der Waals surface area contributed by atoms with Crippen molar-refractivity contribution in [2.24, 2.45) is 0 Å². The van der Waals surface area contributed by atoms with Gasteiger partial charge in [0.15, 0.2) is 0 Å². The van der Waals surface area contributed by atoms with Crippen LogP contribution in [0.15, 0.2) is 46.0 Å². The molecule has 1 aliphatic rings. The van der Waals surface area contributed by atoms with Crippen LogP contribution in [0.1, 0.15) is 19.6 Å². The quantitative estimate of drug-likeness (QED) is 0.586. The van der Waals surface area contributed by atoms with Gasteiger partial charge in [0.25, 0.3) is 11.1 Å². The Balaban J connectivity index is 1.74. The molecule has 6 nitrogen and oxygen atoms in total. The van der Waals surface area contributed by atoms with Gasteiger partial charge in [-0.15, -0.1) is 0 Å². The van der Waals surface area contributed by atoms with Gasteiger partial charge >= 0.3 is 0 Å². The summed E-state index contributed by atoms with van der Waals surface area (Å²) in [5.41, 5.74) is 2.21. The van der Waals surface area contributed by atoms with Crippen molar-refractivity contribution in [2.45, 2.75) is 20.0 Å². The van der Waals surface area contributed by atoms with E-state index in [1.165, 1.54) is 0 Å². The Morgan fingerprint density at radius 1 is 1.25 bits per heavy atom. The van der Waals surface area contributed by atoms with E-state index < -0.39 is 11.1 Å². The van der Waals surface area contributed by atoms with Crippen molar-refractivity contribution in [2.75, 3.05) is 0 Å². The van der Waals surface area contributed by atoms with Gasteiger partial charge in [-0.2, -0.15) is 0 Å². The average Bonchev–Trinajstić information content (AvgIpc) is 3.18. The van der Waals surface area contributed by atoms with Gasteiger partial charge in [0.2, 0.25) is 0 Å². The number of amides is 2. The minimum atomic E-state index is -0.429. The van der Waals surface area contributed by atoms with Crippen LogP contribution >= 0.6 is 23.4 Å². The predicted molar refractivity (Wildman–Crippen MR) is 109 cm³/mol. The zero-order valence-electron chi connectivity index (χ0n) is 15.0. The van der Waals surface area contributed by atoms with Crippen molar-refractivity contribution in [1.29, 1.82) is 0 Å². The number of hydrogen-bond acceptors (Lipinski definition) is 6. The molecular weight excluding hydrogens is 400 g/mol. The second-order valence-corrected chi connectivity index (χ2v) is 7.84. The average molecular weight is 415 g/mol. The Labute approximate surface area is 169 Å². The highest BCUT2D eigenvalue weighted by molar-refractivity contribution is 8.18. The molecule has 4 rings (SSSR count). The molecule has 1 aliphatic heterocycles. The number of furan rings is 1. The number of aromatic nitrogens is 1. The van der Waals surface area contributed by atoms with Crippen molar-refractivity contribution < 1.29 is 18.7 Å². The monoisotopic (exact) mass is 414 g/mol. The number of carbonyl (C=O) groups is 2. The van der Waals surface area contributed by atoms with Crippen molar-refractivity contribution >= 4 is 51.6 Å². The first-order chi connectivity index (χ1) is 13.4. The fraction of sp³-hybridized carbons (Fsp3) is 0.150. The molecule has 28 heavy (non-hydrogen) atoms. The summed E-state index contributed by atoms with van der Waals surface area (Å²) >= 11 is 7.20. The molecular formula is C20H15ClN2O4S. The number of hydrogen-bond donors (Lipinski definition) is 1. The fourth-order valence-corrected chi connectivity index (χ4v) is 3.71. The summed E-state index contributed by atoms with van der Waals surface area (Å²) in [6.07, 6.45) is 4.93. The molecule has 1 N–H and O–H groups in total. The maximum absolute atomic E-state index is 11.7. The summed E-state index contributed by atoms with van der Waals surface area (Å²) in [4.78, 5) is 27.6. The summed E-state index contributed by atoms with van der Waals surface area (Å²) < 4.78 is 11.6. The molecule has 0 atom stereocenters. The van der Waals surface area contributed by atoms with Gasteiger partial charge < -0.3 is 9.15 Å². The van der Waals surface area contributed by atoms with Gasteiger partial charge in [0, 0.05) is 29.4 Å². The van der Waals surface area contributed by atoms with Crippen LogP contribution in [0, 0.1) is 0 Å². The minimum Gasteiger partial charge on any atom is -0.489 e. The number of halogens is 1. The van der Waals surface area contributed by atoms with E-state index in [9.17, 15) is 9.59 Å². The van der Waals surface area contributed by atoms with Gasteiger partial charge in [-0.05, 0) is 49.4 Å². The normalized spacial score (nSPS) is 15.6. The Morgan fingerprint density at radius 3 is 2.75 bits per heavy atom. The zero-order chi connectivity index (χ0) is 19.8. The third kappa shape index (κ3) is 3.63. The largest absolute Gasteiger partial charge is 0.489 e. The van der Waals surface area contributed by atoms with E-state index >= 15 is 0 Å². The second kappa shape index (κ2) is 7.33. The van der Waals surface area contributed by atoms with Crippen molar-refractivity contribution in [3.63, 3.8) is 0 Å². The molecule has 3 aromatic rings. The maximum atomic E-state index is 11.7. The number of imide groups is 1. The molecule has 1 aromatic carbocycles. The van der Waals surface area contributed by atoms with Gasteiger partial charge in [-0.25, -0.2) is 0 Å². The van der Waals surface area contributed by atoms with Crippen LogP contribution in [0.2, 0.25) is 5.02 Å². The van der Waals surface area contributed by atoms with Gasteiger partial charge in [-0.3, -0.25) is 19.9 Å². The number of nitrogens with zero attached hydrogens (tertiary/aromatic N) is 1. The molecule has 0 saturated carbocycles. The molecule has 1 saturated heterocycles. The molecule has 0 bridgehead atoms. The lowest BCUT2D eigenvalue weighted by atomic mass is 10.1. The first-order valence-corrected chi connectivity index (χ1v) is 9.69. The van der Waals surface area contributed by atoms with E-state index in [0.717, 1.165) is 28.3 Å². The summed E-state index contributed by atoms with van der Waals surface area (Å²) in [5, 5.41) is 3.09. The lowest BCUT2D eigenvalue weighted by molar-refractivity contribution is -0.115. The van der Waals surface area contributed by atoms with E-state index in [1.54, 1.807) is 30.6 Å². The number of nitrogens with one attached hydrogen (secondary N) is 1. The van der Waals surface area contributed by atoms with Crippen LogP contribution in [0.3, 0.4) is 0 Å². The Kier molecular flexibility index (Phi) is 4.87. The Bertz CT molecular complexity index is 1140. The van der Waals surface area contributed by atoms with Crippen LogP contribution in [0.25, 0.3) is 28.2 Å². The zero-order valence-corrected chi connectivity index (χ0v) is 16.6. The van der Waals surface area contributed by atoms with E-state index in [1.807, 2.05) is 26.0 Å². The molecule has 2 amide bonds. The second-order valence-electron chi connectivity index (χ2n) is 6.42. The fourth-order valence-electron chi connectivity index (χ4n) is 2.83. The van der Waals surface area contributed by atoms with Crippen molar-refractivity contribution in [3.05, 3.63) is 52.3 Å². The lowest BCUT2D eigenvalue weighted by Gasteiger charge is -2.12. The predicted octanol–water partition coefficient (Wildman–Crippen LogP) is 5.26. The highest BCUT2D eigenvalue weighted by atomic mass is 35.5. The number of ether oxygens (including phenoxy) is 1. The van der Waals surface area contributed by atoms with Crippen LogP contribution < -0.4 is 10.1 Å². The summed E-state index contributed by atoms with van der Waals surface area (Å²) in [6.45, 7) is 3.87. The van der Waals surface area contributed by atoms with Crippen molar-refractivity contribution in [1.82, 2.24) is 10.3 Å². The number of benzene rings is 1. The molecule has 1 fully saturated rings. The van der Waals surface area contributed by atoms with Gasteiger partial charge in [-0.1, -0.05) is 17.7 Å². The highest BCUT2D eigenvalue weighted by Gasteiger charge is 2.25. The van der Waals surface area contributed by atoms with E-state index in [2.05, 4.69) is 10.3 Å². The number of carbonyl (C=O) groups excluding carboxylic acids is 2. The maximum Gasteiger partial charge on any atom is 0.290 e. The van der Waals surface area contributed by atoms with Gasteiger partial charge in [0.05, 0.1) is 16.0 Å². The molecule has 3 heterocycles. The van der Waals surface area contributed by atoms with Crippen LogP contribution in [0.5, 0.6) is 5.75 Å². The highest BCUT2D eigenvalue weighted by Crippen LogP contribution is 2.36. The topological polar surface area (TPSA) is 81.4 Å². The number of fused-ring (bicyclic) bond motifs is 1. The molecule has 0 unspecified atom stereocenters. The third-order valence-electron chi connectivity index (χ3n) is 3.96. The summed E-state index contributed by atoms with van der Waals surface area (Å²) in [7, 11) is 0. The van der Waals surface area contributed by atoms with E-state index in [-0.39, 0.29) is 11.0 Å². The molecule has 0 aliphatic carbocycles. The molecule has 0 radical (unpaired) electrons. The van der Waals surface area contributed by atoms with E-state index in [4.69, 9.17) is 20.8 Å². The number of pyridine rings is 1. The van der Waals surface area contributed by atoms with Crippen LogP contribution in [-0.4, -0.2) is 22.2 Å². The summed E-state index contributed by atoms with van der Waals surface area (Å²) in [6, 6.07) is 7.27. The Morgan fingerprint density at radius 2 is 2.07 bits per heavy atom. The molecule has 142 valence electrons. The molecule has 0 spiro atoms. The van der Waals surface area contributed by atoms with Crippen LogP contribution in [-0.2, 0) is 4.79 Å². The molecule has 2 aromatic heterocycles. The molecule has 8 heteroatoms. The standard InChI is InChI=1S/C20H15ClN2O4S/c1-10(2)26-16-4-3-11(6-15(16)21)14-9-22-8-12-5-13(27-18(12)14)7-17-19(24)23-20(25)28-17/h3-10H,1-2H3,(H,23,24,25)/b17-7+. The smallest absolute Gasteiger partial charge is 0.290 e. The third-order valence-corrected chi connectivity index (χ3v) is 5.07. The first kappa shape index (κ1) is 18.6. The number of rotatable bonds is 4. The van der Waals surface area contributed by atoms with Gasteiger partial charge in [0.1, 0.15) is 17.1 Å². The number of thioether (sulfide) groups is 1. The lowest BCUT2D eigenvalue weighted by Crippen LogP contribution is -2.17. The SMILES string of the molecule is CC(C)Oc1ccc(-c2cncc3cc(/C=C4/SC(=O)NC4=O)oc23)cc1Cl. The summed E-state index contributed by atoms with van der Waals surface area (Å²) in [5.74, 6) is 0.642. The van der Waals surface area contributed by atoms with Crippen molar-refractivity contribution in [3.8, 4) is 16.9 Å². The van der Waals surface area contributed by atoms with Crippen LogP contribution in [0.4, 0.5) is 4.79 Å². The first-order valence-electron chi connectivity index (χ1n) is 8.49. The Hall–Kier alpha value is -2.77. The minimum absolute atomic E-state index is 0.0201.